The Balaban J connectivity index is 2.94. The number of hydrogen-bond acceptors (Lipinski definition) is 5. The van der Waals surface area contributed by atoms with Crippen molar-refractivity contribution in [2.75, 3.05) is 13.2 Å². The zero-order valence-electron chi connectivity index (χ0n) is 11.3. The molecule has 1 saturated carbocycles. The van der Waals surface area contributed by atoms with Crippen molar-refractivity contribution in [2.45, 2.75) is 45.6 Å². The van der Waals surface area contributed by atoms with Crippen molar-refractivity contribution >= 4 is 11.9 Å². The first-order chi connectivity index (χ1) is 8.51. The van der Waals surface area contributed by atoms with E-state index in [1.807, 2.05) is 0 Å². The van der Waals surface area contributed by atoms with Gasteiger partial charge in [0.2, 0.25) is 0 Å². The van der Waals surface area contributed by atoms with Crippen molar-refractivity contribution in [2.24, 2.45) is 11.8 Å². The molecule has 1 fully saturated rings. The lowest BCUT2D eigenvalue weighted by Crippen LogP contribution is -2.49. The molecule has 5 heteroatoms. The summed E-state index contributed by atoms with van der Waals surface area (Å²) in [6, 6.07) is 0. The first-order valence-electron chi connectivity index (χ1n) is 6.56. The molecule has 0 aromatic carbocycles. The van der Waals surface area contributed by atoms with E-state index in [1.54, 1.807) is 20.8 Å². The maximum Gasteiger partial charge on any atom is 0.323 e. The molecule has 0 heterocycles. The van der Waals surface area contributed by atoms with E-state index in [-0.39, 0.29) is 19.1 Å². The number of carbonyl (C=O) groups is 2. The third kappa shape index (κ3) is 3.02. The Morgan fingerprint density at radius 3 is 1.89 bits per heavy atom. The molecular formula is C13H22O5. The molecule has 1 N–H and O–H groups in total. The smallest absolute Gasteiger partial charge is 0.323 e. The first kappa shape index (κ1) is 15.0. The molecule has 18 heavy (non-hydrogen) atoms. The predicted octanol–water partition coefficient (Wildman–Crippen LogP) is 1.28. The molecule has 0 radical (unpaired) electrons. The molecule has 1 aliphatic rings. The van der Waals surface area contributed by atoms with Crippen molar-refractivity contribution in [3.63, 3.8) is 0 Å². The summed E-state index contributed by atoms with van der Waals surface area (Å²) in [4.78, 5) is 23.8. The molecule has 104 valence electrons. The van der Waals surface area contributed by atoms with Gasteiger partial charge in [0, 0.05) is 0 Å². The van der Waals surface area contributed by atoms with Crippen LogP contribution in [0.1, 0.15) is 40.0 Å². The van der Waals surface area contributed by atoms with E-state index in [4.69, 9.17) is 9.47 Å². The minimum atomic E-state index is -1.33. The summed E-state index contributed by atoms with van der Waals surface area (Å²) < 4.78 is 9.80. The summed E-state index contributed by atoms with van der Waals surface area (Å²) >= 11 is 0. The van der Waals surface area contributed by atoms with Crippen molar-refractivity contribution in [1.82, 2.24) is 0 Å². The molecule has 0 amide bonds. The lowest BCUT2D eigenvalue weighted by Gasteiger charge is -2.32. The van der Waals surface area contributed by atoms with Gasteiger partial charge in [-0.05, 0) is 39.0 Å². The molecule has 1 rings (SSSR count). The van der Waals surface area contributed by atoms with Crippen LogP contribution in [0.3, 0.4) is 0 Å². The topological polar surface area (TPSA) is 72.8 Å². The second-order valence-corrected chi connectivity index (χ2v) is 4.56. The zero-order valence-corrected chi connectivity index (χ0v) is 11.3. The molecule has 0 aliphatic heterocycles. The average molecular weight is 258 g/mol. The monoisotopic (exact) mass is 258 g/mol. The molecule has 5 nitrogen and oxygen atoms in total. The quantitative estimate of drug-likeness (QED) is 0.550. The minimum Gasteiger partial charge on any atom is -0.465 e. The third-order valence-corrected chi connectivity index (χ3v) is 3.40. The lowest BCUT2D eigenvalue weighted by atomic mass is 9.80. The van der Waals surface area contributed by atoms with Crippen LogP contribution in [0.15, 0.2) is 0 Å². The highest BCUT2D eigenvalue weighted by Gasteiger charge is 2.55. The van der Waals surface area contributed by atoms with Crippen LogP contribution >= 0.6 is 0 Å². The summed E-state index contributed by atoms with van der Waals surface area (Å²) in [6.45, 7) is 5.46. The van der Waals surface area contributed by atoms with E-state index in [0.29, 0.717) is 6.42 Å². The van der Waals surface area contributed by atoms with Crippen molar-refractivity contribution < 1.29 is 24.2 Å². The fourth-order valence-corrected chi connectivity index (χ4v) is 2.27. The highest BCUT2D eigenvalue weighted by molar-refractivity contribution is 5.96. The van der Waals surface area contributed by atoms with Crippen LogP contribution in [0.4, 0.5) is 0 Å². The van der Waals surface area contributed by atoms with Gasteiger partial charge in [0.15, 0.2) is 5.92 Å². The number of aliphatic hydroxyl groups is 1. The second-order valence-electron chi connectivity index (χ2n) is 4.56. The van der Waals surface area contributed by atoms with Gasteiger partial charge in [0.25, 0.3) is 0 Å². The number of rotatable bonds is 7. The van der Waals surface area contributed by atoms with Crippen molar-refractivity contribution in [3.8, 4) is 0 Å². The number of hydrogen-bond donors (Lipinski definition) is 1. The maximum atomic E-state index is 11.9. The van der Waals surface area contributed by atoms with Gasteiger partial charge in [-0.2, -0.15) is 0 Å². The third-order valence-electron chi connectivity index (χ3n) is 3.40. The molecule has 0 aromatic heterocycles. The Labute approximate surface area is 107 Å². The average Bonchev–Trinajstić information content (AvgIpc) is 3.13. The van der Waals surface area contributed by atoms with Gasteiger partial charge in [-0.15, -0.1) is 0 Å². The predicted molar refractivity (Wildman–Crippen MR) is 64.7 cm³/mol. The SMILES string of the molecule is CCOC(=O)C(C(=O)OCC)C(O)(CC)C1CC1. The van der Waals surface area contributed by atoms with Crippen LogP contribution in [-0.4, -0.2) is 35.9 Å². The lowest BCUT2D eigenvalue weighted by molar-refractivity contribution is -0.177. The molecule has 0 bridgehead atoms. The molecule has 0 spiro atoms. The van der Waals surface area contributed by atoms with Crippen LogP contribution < -0.4 is 0 Å². The zero-order chi connectivity index (χ0) is 13.8. The van der Waals surface area contributed by atoms with Gasteiger partial charge in [0.1, 0.15) is 0 Å². The van der Waals surface area contributed by atoms with Gasteiger partial charge in [-0.3, -0.25) is 9.59 Å². The van der Waals surface area contributed by atoms with Crippen LogP contribution in [-0.2, 0) is 19.1 Å². The molecule has 1 aliphatic carbocycles. The molecule has 0 aromatic rings. The molecule has 1 atom stereocenters. The van der Waals surface area contributed by atoms with E-state index in [9.17, 15) is 14.7 Å². The van der Waals surface area contributed by atoms with Crippen LogP contribution in [0.5, 0.6) is 0 Å². The second kappa shape index (κ2) is 6.18. The highest BCUT2D eigenvalue weighted by atomic mass is 16.6. The Bertz CT molecular complexity index is 293. The van der Waals surface area contributed by atoms with E-state index in [0.717, 1.165) is 12.8 Å². The van der Waals surface area contributed by atoms with E-state index >= 15 is 0 Å². The van der Waals surface area contributed by atoms with E-state index < -0.39 is 23.5 Å². The van der Waals surface area contributed by atoms with Gasteiger partial charge in [0.05, 0.1) is 18.8 Å². The first-order valence-corrected chi connectivity index (χ1v) is 6.56. The van der Waals surface area contributed by atoms with Crippen molar-refractivity contribution in [1.29, 1.82) is 0 Å². The van der Waals surface area contributed by atoms with Gasteiger partial charge in [-0.25, -0.2) is 0 Å². The summed E-state index contributed by atoms with van der Waals surface area (Å²) in [5.74, 6) is -2.62. The van der Waals surface area contributed by atoms with Crippen LogP contribution in [0.25, 0.3) is 0 Å². The fourth-order valence-electron chi connectivity index (χ4n) is 2.27. The van der Waals surface area contributed by atoms with Crippen molar-refractivity contribution in [3.05, 3.63) is 0 Å². The Morgan fingerprint density at radius 2 is 1.61 bits per heavy atom. The van der Waals surface area contributed by atoms with Gasteiger partial charge >= 0.3 is 11.9 Å². The summed E-state index contributed by atoms with van der Waals surface area (Å²) in [5, 5.41) is 10.6. The Hall–Kier alpha value is -1.10. The van der Waals surface area contributed by atoms with E-state index in [2.05, 4.69) is 0 Å². The summed E-state index contributed by atoms with van der Waals surface area (Å²) in [5.41, 5.74) is -1.33. The van der Waals surface area contributed by atoms with Crippen LogP contribution in [0, 0.1) is 11.8 Å². The standard InChI is InChI=1S/C13H22O5/c1-4-13(16,9-7-8-9)10(11(14)17-5-2)12(15)18-6-3/h9-10,16H,4-8H2,1-3H3. The minimum absolute atomic E-state index is 0.0127. The Morgan fingerprint density at radius 1 is 1.17 bits per heavy atom. The summed E-state index contributed by atoms with van der Waals surface area (Å²) in [7, 11) is 0. The van der Waals surface area contributed by atoms with E-state index in [1.165, 1.54) is 0 Å². The molecular weight excluding hydrogens is 236 g/mol. The van der Waals surface area contributed by atoms with Gasteiger partial charge < -0.3 is 14.6 Å². The number of carbonyl (C=O) groups excluding carboxylic acids is 2. The summed E-state index contributed by atoms with van der Waals surface area (Å²) in [6.07, 6.45) is 2.00. The Kier molecular flexibility index (Phi) is 5.14. The highest BCUT2D eigenvalue weighted by Crippen LogP contribution is 2.46. The molecule has 0 saturated heterocycles. The molecule has 1 unspecified atom stereocenters. The fraction of sp³-hybridized carbons (Fsp3) is 0.846. The van der Waals surface area contributed by atoms with Crippen LogP contribution in [0.2, 0.25) is 0 Å². The normalized spacial score (nSPS) is 18.3. The number of ether oxygens (including phenoxy) is 2. The van der Waals surface area contributed by atoms with Gasteiger partial charge in [-0.1, -0.05) is 6.92 Å². The number of esters is 2. The largest absolute Gasteiger partial charge is 0.465 e. The maximum absolute atomic E-state index is 11.9.